The van der Waals surface area contributed by atoms with Crippen LogP contribution >= 0.6 is 22.9 Å². The minimum absolute atomic E-state index is 0.0387. The number of benzene rings is 1. The van der Waals surface area contributed by atoms with Gasteiger partial charge in [-0.25, -0.2) is 4.79 Å². The highest BCUT2D eigenvalue weighted by atomic mass is 35.5. The van der Waals surface area contributed by atoms with Crippen molar-refractivity contribution in [3.8, 4) is 0 Å². The number of halogens is 1. The summed E-state index contributed by atoms with van der Waals surface area (Å²) in [6.45, 7) is 0.380. The molecule has 2 fully saturated rings. The van der Waals surface area contributed by atoms with Crippen molar-refractivity contribution in [3.63, 3.8) is 0 Å². The number of aliphatic hydroxyl groups excluding tert-OH is 1. The molecule has 1 aromatic heterocycles. The quantitative estimate of drug-likeness (QED) is 0.718. The van der Waals surface area contributed by atoms with E-state index < -0.39 is 18.4 Å². The minimum atomic E-state index is -1.06. The Morgan fingerprint density at radius 1 is 1.20 bits per heavy atom. The lowest BCUT2D eigenvalue weighted by atomic mass is 10.2. The van der Waals surface area contributed by atoms with Gasteiger partial charge in [0.15, 0.2) is 6.23 Å². The van der Waals surface area contributed by atoms with Gasteiger partial charge in [-0.15, -0.1) is 11.3 Å². The van der Waals surface area contributed by atoms with Crippen LogP contribution in [0.15, 0.2) is 36.4 Å². The SMILES string of the molecule is O=C(NC[C@H]1CN(c2ccc(N3C(=O)COC[C@H]3O)cc2)C(=O)O1)c1ccc(Cl)s1. The van der Waals surface area contributed by atoms with Crippen LogP contribution in [0, 0.1) is 0 Å². The Balaban J connectivity index is 1.37. The van der Waals surface area contributed by atoms with E-state index in [1.165, 1.54) is 21.1 Å². The number of aliphatic hydroxyl groups is 1. The van der Waals surface area contributed by atoms with Crippen molar-refractivity contribution in [1.82, 2.24) is 5.32 Å². The first-order valence-corrected chi connectivity index (χ1v) is 10.3. The summed E-state index contributed by atoms with van der Waals surface area (Å²) in [5.41, 5.74) is 1.09. The number of morpholine rings is 1. The van der Waals surface area contributed by atoms with Gasteiger partial charge < -0.3 is 19.9 Å². The number of rotatable bonds is 5. The van der Waals surface area contributed by atoms with Crippen molar-refractivity contribution in [3.05, 3.63) is 45.6 Å². The van der Waals surface area contributed by atoms with Gasteiger partial charge in [-0.2, -0.15) is 0 Å². The van der Waals surface area contributed by atoms with E-state index in [0.29, 0.717) is 20.6 Å². The fourth-order valence-corrected chi connectivity index (χ4v) is 4.20. The number of ether oxygens (including phenoxy) is 2. The van der Waals surface area contributed by atoms with E-state index in [1.807, 2.05) is 0 Å². The molecule has 0 saturated carbocycles. The second-order valence-corrected chi connectivity index (χ2v) is 8.42. The van der Waals surface area contributed by atoms with Gasteiger partial charge in [0.25, 0.3) is 11.8 Å². The van der Waals surface area contributed by atoms with Crippen molar-refractivity contribution >= 4 is 52.2 Å². The molecule has 4 rings (SSSR count). The van der Waals surface area contributed by atoms with Crippen LogP contribution < -0.4 is 15.1 Å². The molecule has 2 atom stereocenters. The molecule has 0 unspecified atom stereocenters. The van der Waals surface area contributed by atoms with Crippen molar-refractivity contribution in [1.29, 1.82) is 0 Å². The predicted octanol–water partition coefficient (Wildman–Crippen LogP) is 1.84. The molecule has 0 spiro atoms. The zero-order valence-electron chi connectivity index (χ0n) is 15.6. The first-order valence-electron chi connectivity index (χ1n) is 9.12. The Morgan fingerprint density at radius 2 is 1.93 bits per heavy atom. The van der Waals surface area contributed by atoms with Gasteiger partial charge in [0.05, 0.1) is 28.9 Å². The molecular formula is C19H18ClN3O6S. The number of hydrogen-bond donors (Lipinski definition) is 2. The summed E-state index contributed by atoms with van der Waals surface area (Å²) in [7, 11) is 0. The summed E-state index contributed by atoms with van der Waals surface area (Å²) in [5, 5.41) is 12.7. The van der Waals surface area contributed by atoms with E-state index >= 15 is 0 Å². The third kappa shape index (κ3) is 4.26. The van der Waals surface area contributed by atoms with Crippen LogP contribution in [0.4, 0.5) is 16.2 Å². The van der Waals surface area contributed by atoms with E-state index in [9.17, 15) is 19.5 Å². The summed E-state index contributed by atoms with van der Waals surface area (Å²) in [6, 6.07) is 9.90. The fraction of sp³-hybridized carbons (Fsp3) is 0.316. The highest BCUT2D eigenvalue weighted by Crippen LogP contribution is 2.27. The van der Waals surface area contributed by atoms with Crippen molar-refractivity contribution in [2.45, 2.75) is 12.3 Å². The molecule has 2 N–H and O–H groups in total. The van der Waals surface area contributed by atoms with E-state index in [1.54, 1.807) is 36.4 Å². The van der Waals surface area contributed by atoms with Crippen LogP contribution in [-0.4, -0.2) is 61.6 Å². The lowest BCUT2D eigenvalue weighted by molar-refractivity contribution is -0.132. The van der Waals surface area contributed by atoms with E-state index in [4.69, 9.17) is 21.1 Å². The third-order valence-electron chi connectivity index (χ3n) is 4.66. The summed E-state index contributed by atoms with van der Waals surface area (Å²) in [5.74, 6) is -0.621. The normalized spacial score (nSPS) is 21.7. The van der Waals surface area contributed by atoms with E-state index in [2.05, 4.69) is 5.32 Å². The number of hydrogen-bond acceptors (Lipinski definition) is 7. The number of nitrogens with one attached hydrogen (secondary N) is 1. The van der Waals surface area contributed by atoms with E-state index in [0.717, 1.165) is 0 Å². The molecule has 0 radical (unpaired) electrons. The van der Waals surface area contributed by atoms with Crippen LogP contribution in [-0.2, 0) is 14.3 Å². The third-order valence-corrected chi connectivity index (χ3v) is 5.89. The zero-order chi connectivity index (χ0) is 21.3. The van der Waals surface area contributed by atoms with Crippen LogP contribution in [0.5, 0.6) is 0 Å². The number of cyclic esters (lactones) is 1. The van der Waals surface area contributed by atoms with Crippen LogP contribution in [0.25, 0.3) is 0 Å². The Labute approximate surface area is 180 Å². The minimum Gasteiger partial charge on any atom is -0.442 e. The summed E-state index contributed by atoms with van der Waals surface area (Å²) in [4.78, 5) is 39.5. The van der Waals surface area contributed by atoms with Crippen LogP contribution in [0.1, 0.15) is 9.67 Å². The first-order chi connectivity index (χ1) is 14.4. The maximum atomic E-state index is 12.2. The molecule has 1 aromatic carbocycles. The second-order valence-electron chi connectivity index (χ2n) is 6.71. The van der Waals surface area contributed by atoms with Gasteiger partial charge in [-0.3, -0.25) is 19.4 Å². The van der Waals surface area contributed by atoms with E-state index in [-0.39, 0.29) is 38.1 Å². The molecule has 2 aromatic rings. The smallest absolute Gasteiger partial charge is 0.414 e. The number of carbonyl (C=O) groups excluding carboxylic acids is 3. The number of thiophene rings is 1. The number of anilines is 2. The molecular weight excluding hydrogens is 434 g/mol. The molecule has 11 heteroatoms. The van der Waals surface area contributed by atoms with Crippen molar-refractivity contribution < 1.29 is 29.0 Å². The molecule has 158 valence electrons. The molecule has 30 heavy (non-hydrogen) atoms. The van der Waals surface area contributed by atoms with Crippen molar-refractivity contribution in [2.75, 3.05) is 36.1 Å². The lowest BCUT2D eigenvalue weighted by Crippen LogP contribution is -2.49. The fourth-order valence-electron chi connectivity index (χ4n) is 3.24. The second kappa shape index (κ2) is 8.60. The highest BCUT2D eigenvalue weighted by molar-refractivity contribution is 7.18. The number of nitrogens with zero attached hydrogens (tertiary/aromatic N) is 2. The zero-order valence-corrected chi connectivity index (χ0v) is 17.2. The molecule has 0 bridgehead atoms. The van der Waals surface area contributed by atoms with Gasteiger partial charge in [0.2, 0.25) is 0 Å². The Hall–Kier alpha value is -2.66. The topological polar surface area (TPSA) is 108 Å². The molecule has 3 heterocycles. The van der Waals surface area contributed by atoms with Gasteiger partial charge in [0.1, 0.15) is 12.7 Å². The van der Waals surface area contributed by atoms with Gasteiger partial charge >= 0.3 is 6.09 Å². The number of amides is 3. The Kier molecular flexibility index (Phi) is 5.91. The summed E-state index contributed by atoms with van der Waals surface area (Å²) >= 11 is 7.01. The first kappa shape index (κ1) is 20.6. The average Bonchev–Trinajstić information content (AvgIpc) is 3.32. The highest BCUT2D eigenvalue weighted by Gasteiger charge is 2.33. The maximum absolute atomic E-state index is 12.2. The molecule has 2 saturated heterocycles. The molecule has 0 aliphatic carbocycles. The number of carbonyl (C=O) groups is 3. The van der Waals surface area contributed by atoms with Gasteiger partial charge in [-0.1, -0.05) is 11.6 Å². The van der Waals surface area contributed by atoms with Gasteiger partial charge in [0, 0.05) is 11.4 Å². The summed E-state index contributed by atoms with van der Waals surface area (Å²) in [6.07, 6.45) is -2.08. The molecule has 2 aliphatic heterocycles. The van der Waals surface area contributed by atoms with Crippen LogP contribution in [0.3, 0.4) is 0 Å². The van der Waals surface area contributed by atoms with Gasteiger partial charge in [-0.05, 0) is 36.4 Å². The predicted molar refractivity (Wildman–Crippen MR) is 110 cm³/mol. The average molecular weight is 452 g/mol. The van der Waals surface area contributed by atoms with Crippen molar-refractivity contribution in [2.24, 2.45) is 0 Å². The Bertz CT molecular complexity index is 965. The summed E-state index contributed by atoms with van der Waals surface area (Å²) < 4.78 is 10.9. The lowest BCUT2D eigenvalue weighted by Gasteiger charge is -2.32. The largest absolute Gasteiger partial charge is 0.442 e. The standard InChI is InChI=1S/C19H18ClN3O6S/c20-15-6-5-14(30-15)18(26)21-7-13-8-22(19(27)29-13)11-1-3-12(4-2-11)23-16(24)9-28-10-17(23)25/h1-6,13,16,24H,7-10H2,(H,21,26)/t13-,16+/m0/s1. The van der Waals surface area contributed by atoms with Crippen LogP contribution in [0.2, 0.25) is 4.34 Å². The monoisotopic (exact) mass is 451 g/mol. The molecule has 9 nitrogen and oxygen atoms in total. The Morgan fingerprint density at radius 3 is 2.60 bits per heavy atom. The molecule has 2 aliphatic rings. The maximum Gasteiger partial charge on any atom is 0.414 e. The molecule has 3 amide bonds.